The maximum absolute atomic E-state index is 4.31. The number of nitrogens with zero attached hydrogens (tertiary/aromatic N) is 2. The van der Waals surface area contributed by atoms with Crippen LogP contribution in [0.1, 0.15) is 5.56 Å². The van der Waals surface area contributed by atoms with E-state index in [1.165, 1.54) is 0 Å². The van der Waals surface area contributed by atoms with Gasteiger partial charge in [0, 0.05) is 24.2 Å². The molecule has 1 aromatic heterocycles. The average molecular weight is 182 g/mol. The van der Waals surface area contributed by atoms with Gasteiger partial charge in [0.15, 0.2) is 0 Å². The van der Waals surface area contributed by atoms with E-state index in [1.54, 1.807) is 12.4 Å². The molecule has 2 aromatic rings. The summed E-state index contributed by atoms with van der Waals surface area (Å²) in [5.41, 5.74) is 1.97. The van der Waals surface area contributed by atoms with E-state index < -0.39 is 0 Å². The van der Waals surface area contributed by atoms with Crippen molar-refractivity contribution >= 4 is 11.9 Å². The molecule has 68 valence electrons. The molecule has 0 amide bonds. The smallest absolute Gasteiger partial charge is 0.0629 e. The summed E-state index contributed by atoms with van der Waals surface area (Å²) in [6.07, 6.45) is 5.34. The average Bonchev–Trinajstić information content (AvgIpc) is 2.29. The summed E-state index contributed by atoms with van der Waals surface area (Å²) in [5, 5.41) is 0. The maximum atomic E-state index is 4.31. The Hall–Kier alpha value is -1.96. The summed E-state index contributed by atoms with van der Waals surface area (Å²) in [4.78, 5) is 8.32. The predicted molar refractivity (Wildman–Crippen MR) is 57.9 cm³/mol. The molecule has 0 aliphatic carbocycles. The molecular weight excluding hydrogens is 172 g/mol. The van der Waals surface area contributed by atoms with Gasteiger partial charge in [0.1, 0.15) is 0 Å². The van der Waals surface area contributed by atoms with Crippen molar-refractivity contribution in [3.05, 3.63) is 60.4 Å². The number of aliphatic imine (C=N–C) groups is 1. The van der Waals surface area contributed by atoms with E-state index in [0.29, 0.717) is 0 Å². The highest BCUT2D eigenvalue weighted by atomic mass is 14.7. The summed E-state index contributed by atoms with van der Waals surface area (Å²) in [6, 6.07) is 13.7. The molecule has 2 nitrogen and oxygen atoms in total. The zero-order valence-electron chi connectivity index (χ0n) is 7.67. The Morgan fingerprint density at radius 1 is 1.00 bits per heavy atom. The number of rotatable bonds is 2. The van der Waals surface area contributed by atoms with Gasteiger partial charge in [0.2, 0.25) is 0 Å². The Morgan fingerprint density at radius 2 is 1.86 bits per heavy atom. The van der Waals surface area contributed by atoms with Crippen LogP contribution in [0.2, 0.25) is 0 Å². The van der Waals surface area contributed by atoms with E-state index in [1.807, 2.05) is 48.7 Å². The van der Waals surface area contributed by atoms with Crippen LogP contribution in [0.25, 0.3) is 0 Å². The Labute approximate surface area is 83.0 Å². The topological polar surface area (TPSA) is 25.2 Å². The zero-order chi connectivity index (χ0) is 9.64. The van der Waals surface area contributed by atoms with Gasteiger partial charge in [0.25, 0.3) is 0 Å². The van der Waals surface area contributed by atoms with E-state index in [4.69, 9.17) is 0 Å². The lowest BCUT2D eigenvalue weighted by Crippen LogP contribution is -1.80. The van der Waals surface area contributed by atoms with Gasteiger partial charge in [-0.2, -0.15) is 0 Å². The van der Waals surface area contributed by atoms with Crippen molar-refractivity contribution in [2.45, 2.75) is 0 Å². The molecule has 0 aliphatic heterocycles. The lowest BCUT2D eigenvalue weighted by Gasteiger charge is -1.91. The van der Waals surface area contributed by atoms with Gasteiger partial charge in [-0.15, -0.1) is 0 Å². The van der Waals surface area contributed by atoms with Crippen LogP contribution in [0, 0.1) is 0 Å². The van der Waals surface area contributed by atoms with Gasteiger partial charge in [0.05, 0.1) is 5.69 Å². The first-order valence-electron chi connectivity index (χ1n) is 4.44. The fourth-order valence-electron chi connectivity index (χ4n) is 1.12. The number of para-hydroxylation sites is 1. The van der Waals surface area contributed by atoms with Crippen molar-refractivity contribution in [3.8, 4) is 0 Å². The molecule has 1 heterocycles. The molecule has 0 aliphatic rings. The Balaban J connectivity index is 2.16. The van der Waals surface area contributed by atoms with E-state index in [-0.39, 0.29) is 0 Å². The van der Waals surface area contributed by atoms with E-state index in [2.05, 4.69) is 9.98 Å². The molecule has 0 spiro atoms. The molecule has 0 bridgehead atoms. The van der Waals surface area contributed by atoms with Crippen LogP contribution < -0.4 is 0 Å². The van der Waals surface area contributed by atoms with Gasteiger partial charge in [-0.05, 0) is 18.2 Å². The third-order valence-electron chi connectivity index (χ3n) is 1.80. The summed E-state index contributed by atoms with van der Waals surface area (Å²) in [7, 11) is 0. The minimum Gasteiger partial charge on any atom is -0.264 e. The van der Waals surface area contributed by atoms with E-state index >= 15 is 0 Å². The van der Waals surface area contributed by atoms with Crippen LogP contribution in [-0.4, -0.2) is 11.2 Å². The lowest BCUT2D eigenvalue weighted by atomic mass is 10.3. The highest BCUT2D eigenvalue weighted by molar-refractivity contribution is 5.81. The van der Waals surface area contributed by atoms with Crippen LogP contribution in [0.3, 0.4) is 0 Å². The van der Waals surface area contributed by atoms with Gasteiger partial charge < -0.3 is 0 Å². The summed E-state index contributed by atoms with van der Waals surface area (Å²) < 4.78 is 0. The summed E-state index contributed by atoms with van der Waals surface area (Å²) >= 11 is 0. The van der Waals surface area contributed by atoms with Gasteiger partial charge >= 0.3 is 0 Å². The molecule has 1 aromatic carbocycles. The van der Waals surface area contributed by atoms with Crippen molar-refractivity contribution in [1.29, 1.82) is 0 Å². The molecule has 0 fully saturated rings. The van der Waals surface area contributed by atoms with Crippen LogP contribution in [0.5, 0.6) is 0 Å². The van der Waals surface area contributed by atoms with Crippen molar-refractivity contribution in [2.24, 2.45) is 4.99 Å². The molecular formula is C12H10N2. The molecule has 0 unspecified atom stereocenters. The lowest BCUT2D eigenvalue weighted by molar-refractivity contribution is 1.32. The number of benzene rings is 1. The molecule has 0 atom stereocenters. The number of aromatic nitrogens is 1. The Morgan fingerprint density at radius 3 is 2.57 bits per heavy atom. The van der Waals surface area contributed by atoms with Gasteiger partial charge in [-0.3, -0.25) is 9.98 Å². The van der Waals surface area contributed by atoms with Crippen molar-refractivity contribution < 1.29 is 0 Å². The number of pyridine rings is 1. The molecule has 0 saturated heterocycles. The van der Waals surface area contributed by atoms with E-state index in [9.17, 15) is 0 Å². The molecule has 14 heavy (non-hydrogen) atoms. The SMILES string of the molecule is C(=Nc1ccccc1)c1cccnc1. The molecule has 0 N–H and O–H groups in total. The van der Waals surface area contributed by atoms with Crippen molar-refractivity contribution in [1.82, 2.24) is 4.98 Å². The first-order chi connectivity index (χ1) is 6.95. The van der Waals surface area contributed by atoms with Gasteiger partial charge in [-0.1, -0.05) is 24.3 Å². The Bertz CT molecular complexity index is 365. The second-order valence-electron chi connectivity index (χ2n) is 2.88. The Kier molecular flexibility index (Phi) is 2.67. The minimum atomic E-state index is 0.955. The third-order valence-corrected chi connectivity index (χ3v) is 1.80. The van der Waals surface area contributed by atoms with Crippen LogP contribution >= 0.6 is 0 Å². The largest absolute Gasteiger partial charge is 0.264 e. The van der Waals surface area contributed by atoms with Crippen LogP contribution in [0.4, 0.5) is 5.69 Å². The van der Waals surface area contributed by atoms with E-state index in [0.717, 1.165) is 11.3 Å². The fourth-order valence-corrected chi connectivity index (χ4v) is 1.12. The number of hydrogen-bond acceptors (Lipinski definition) is 2. The molecule has 2 rings (SSSR count). The predicted octanol–water partition coefficient (Wildman–Crippen LogP) is 2.83. The van der Waals surface area contributed by atoms with Crippen LogP contribution in [0.15, 0.2) is 59.9 Å². The molecule has 2 heteroatoms. The number of hydrogen-bond donors (Lipinski definition) is 0. The highest BCUT2D eigenvalue weighted by Crippen LogP contribution is 2.09. The van der Waals surface area contributed by atoms with Gasteiger partial charge in [-0.25, -0.2) is 0 Å². The highest BCUT2D eigenvalue weighted by Gasteiger charge is 1.86. The summed E-state index contributed by atoms with van der Waals surface area (Å²) in [5.74, 6) is 0. The van der Waals surface area contributed by atoms with Crippen molar-refractivity contribution in [2.75, 3.05) is 0 Å². The quantitative estimate of drug-likeness (QED) is 0.655. The second kappa shape index (κ2) is 4.33. The normalized spacial score (nSPS) is 10.6. The maximum Gasteiger partial charge on any atom is 0.0629 e. The summed E-state index contributed by atoms with van der Waals surface area (Å²) in [6.45, 7) is 0. The first-order valence-corrected chi connectivity index (χ1v) is 4.44. The molecule has 0 radical (unpaired) electrons. The van der Waals surface area contributed by atoms with Crippen molar-refractivity contribution in [3.63, 3.8) is 0 Å². The fraction of sp³-hybridized carbons (Fsp3) is 0. The van der Waals surface area contributed by atoms with Crippen LogP contribution in [-0.2, 0) is 0 Å². The molecule has 0 saturated carbocycles. The standard InChI is InChI=1S/C12H10N2/c1-2-6-12(7-3-1)14-10-11-5-4-8-13-9-11/h1-10H. The zero-order valence-corrected chi connectivity index (χ0v) is 7.67. The first kappa shape index (κ1) is 8.63. The monoisotopic (exact) mass is 182 g/mol. The third kappa shape index (κ3) is 2.26. The minimum absolute atomic E-state index is 0.955. The second-order valence-corrected chi connectivity index (χ2v) is 2.88.